The lowest BCUT2D eigenvalue weighted by Crippen LogP contribution is -3.00. The van der Waals surface area contributed by atoms with E-state index in [4.69, 9.17) is 4.74 Å². The number of rotatable bonds is 21. The molecule has 0 heterocycles. The van der Waals surface area contributed by atoms with E-state index in [0.717, 1.165) is 18.7 Å². The van der Waals surface area contributed by atoms with Crippen LogP contribution in [0.4, 0.5) is 0 Å². The van der Waals surface area contributed by atoms with Crippen molar-refractivity contribution in [3.8, 4) is 5.75 Å². The van der Waals surface area contributed by atoms with Gasteiger partial charge in [-0.3, -0.25) is 0 Å². The largest absolute Gasteiger partial charge is 1.00 e. The fourth-order valence-corrected chi connectivity index (χ4v) is 12.2. The maximum atomic E-state index is 6.05. The Balaban J connectivity index is 0.00000360. The molecule has 0 radical (unpaired) electrons. The predicted octanol–water partition coefficient (Wildman–Crippen LogP) is 9.71. The highest BCUT2D eigenvalue weighted by Crippen LogP contribution is 2.56. The van der Waals surface area contributed by atoms with Gasteiger partial charge in [-0.2, -0.15) is 0 Å². The Hall–Kier alpha value is -3.29. The standard InChI is InChI=1S/C52H59NOP.2HI/c1-53(2)41-42-54-47-39-37-46(38-40-47)52(45-28-16-10-17-29-45)51(44-26-14-9-15-27-44)36-24-7-5-3-4-6-8-25-43-55(48-30-18-11-19-31-48,49-32-20-12-21-33-49)50-34-22-13-23-35-50;;/h9-23,26-35,37-40H,3-8,24-25,36,41-43H2,1-2H3;2*1H/q+1;;/p-1/b52-51-;;. The molecule has 0 fully saturated rings. The van der Waals surface area contributed by atoms with Crippen LogP contribution in [-0.2, 0) is 0 Å². The second kappa shape index (κ2) is 25.3. The molecule has 0 aliphatic heterocycles. The van der Waals surface area contributed by atoms with Gasteiger partial charge in [-0.05, 0) is 116 Å². The Morgan fingerprint density at radius 3 is 1.30 bits per heavy atom. The Morgan fingerprint density at radius 2 is 0.842 bits per heavy atom. The third kappa shape index (κ3) is 13.4. The maximum absolute atomic E-state index is 6.05. The van der Waals surface area contributed by atoms with Crippen LogP contribution in [0.15, 0.2) is 176 Å². The van der Waals surface area contributed by atoms with Crippen molar-refractivity contribution in [3.63, 3.8) is 0 Å². The quantitative estimate of drug-likeness (QED) is 0.0309. The van der Waals surface area contributed by atoms with Crippen LogP contribution in [0.1, 0.15) is 74.5 Å². The molecule has 6 aromatic rings. The average Bonchev–Trinajstić information content (AvgIpc) is 3.24. The van der Waals surface area contributed by atoms with Crippen LogP contribution in [-0.4, -0.2) is 38.3 Å². The highest BCUT2D eigenvalue weighted by atomic mass is 127. The van der Waals surface area contributed by atoms with Gasteiger partial charge in [0.2, 0.25) is 0 Å². The predicted molar refractivity (Wildman–Crippen MR) is 256 cm³/mol. The zero-order valence-electron chi connectivity index (χ0n) is 33.8. The van der Waals surface area contributed by atoms with Gasteiger partial charge in [-0.1, -0.05) is 159 Å². The van der Waals surface area contributed by atoms with E-state index in [2.05, 4.69) is 195 Å². The van der Waals surface area contributed by atoms with Crippen molar-refractivity contribution in [1.82, 2.24) is 4.90 Å². The molecule has 57 heavy (non-hydrogen) atoms. The second-order valence-electron chi connectivity index (χ2n) is 14.9. The molecule has 298 valence electrons. The summed E-state index contributed by atoms with van der Waals surface area (Å²) in [6.07, 6.45) is 12.5. The SMILES string of the molecule is CN(C)CCOc1ccc(/C(=C(/CCCCCCCCCC[P+](c2ccccc2)(c2ccccc2)c2ccccc2)c2ccccc2)c2ccccc2)cc1.I.[I-]. The summed E-state index contributed by atoms with van der Waals surface area (Å²) in [6.45, 7) is 1.58. The van der Waals surface area contributed by atoms with Gasteiger partial charge in [0.05, 0.1) is 6.16 Å². The second-order valence-corrected chi connectivity index (χ2v) is 18.5. The number of unbranched alkanes of at least 4 members (excludes halogenated alkanes) is 7. The van der Waals surface area contributed by atoms with E-state index in [1.165, 1.54) is 101 Å². The van der Waals surface area contributed by atoms with Gasteiger partial charge >= 0.3 is 0 Å². The first-order valence-corrected chi connectivity index (χ1v) is 22.4. The van der Waals surface area contributed by atoms with Crippen molar-refractivity contribution in [1.29, 1.82) is 0 Å². The van der Waals surface area contributed by atoms with E-state index in [9.17, 15) is 0 Å². The van der Waals surface area contributed by atoms with Gasteiger partial charge in [0.25, 0.3) is 0 Å². The molecule has 5 heteroatoms. The molecule has 0 atom stereocenters. The first-order chi connectivity index (χ1) is 27.1. The molecule has 0 spiro atoms. The number of halogens is 2. The molecule has 0 N–H and O–H groups in total. The lowest BCUT2D eigenvalue weighted by atomic mass is 9.86. The number of benzene rings is 6. The lowest BCUT2D eigenvalue weighted by Gasteiger charge is -2.27. The highest BCUT2D eigenvalue weighted by Gasteiger charge is 2.44. The van der Waals surface area contributed by atoms with E-state index in [1.807, 2.05) is 0 Å². The molecular weight excluding hydrogens is 939 g/mol. The summed E-state index contributed by atoms with van der Waals surface area (Å²) < 4.78 is 6.05. The van der Waals surface area contributed by atoms with Gasteiger partial charge in [-0.25, -0.2) is 0 Å². The topological polar surface area (TPSA) is 12.5 Å². The van der Waals surface area contributed by atoms with E-state index in [0.29, 0.717) is 6.61 Å². The monoisotopic (exact) mass is 999 g/mol. The zero-order chi connectivity index (χ0) is 38.0. The summed E-state index contributed by atoms with van der Waals surface area (Å²) >= 11 is 0. The molecule has 6 rings (SSSR count). The fraction of sp³-hybridized carbons (Fsp3) is 0.269. The summed E-state index contributed by atoms with van der Waals surface area (Å²) in [4.78, 5) is 2.15. The molecule has 2 nitrogen and oxygen atoms in total. The third-order valence-corrected chi connectivity index (χ3v) is 15.2. The van der Waals surface area contributed by atoms with Crippen LogP contribution in [0, 0.1) is 0 Å². The van der Waals surface area contributed by atoms with Crippen LogP contribution < -0.4 is 44.6 Å². The molecule has 0 amide bonds. The first-order valence-electron chi connectivity index (χ1n) is 20.4. The maximum Gasteiger partial charge on any atom is 0.119 e. The molecule has 6 aromatic carbocycles. The van der Waals surface area contributed by atoms with Crippen molar-refractivity contribution in [2.45, 2.75) is 57.8 Å². The van der Waals surface area contributed by atoms with Crippen molar-refractivity contribution in [3.05, 3.63) is 193 Å². The van der Waals surface area contributed by atoms with Crippen molar-refractivity contribution in [2.24, 2.45) is 0 Å². The minimum atomic E-state index is -1.73. The number of likely N-dealkylation sites (N-methyl/N-ethyl adjacent to an activating group) is 1. The summed E-state index contributed by atoms with van der Waals surface area (Å²) in [5, 5.41) is 4.48. The Kier molecular flexibility index (Phi) is 20.6. The molecule has 0 aliphatic rings. The van der Waals surface area contributed by atoms with Gasteiger partial charge in [0.15, 0.2) is 0 Å². The van der Waals surface area contributed by atoms with Crippen LogP contribution in [0.2, 0.25) is 0 Å². The summed E-state index contributed by atoms with van der Waals surface area (Å²) in [5.74, 6) is 0.920. The molecule has 0 aliphatic carbocycles. The molecule has 0 saturated heterocycles. The number of hydrogen-bond donors (Lipinski definition) is 0. The summed E-state index contributed by atoms with van der Waals surface area (Å²) in [6, 6.07) is 64.7. The number of nitrogens with zero attached hydrogens (tertiary/aromatic N) is 1. The zero-order valence-corrected chi connectivity index (χ0v) is 39.2. The minimum absolute atomic E-state index is 0. The highest BCUT2D eigenvalue weighted by molar-refractivity contribution is 14.0. The lowest BCUT2D eigenvalue weighted by molar-refractivity contribution is -0.0000115. The van der Waals surface area contributed by atoms with Crippen molar-refractivity contribution in [2.75, 3.05) is 33.4 Å². The van der Waals surface area contributed by atoms with Gasteiger partial charge in [0, 0.05) is 6.54 Å². The molecule has 0 unspecified atom stereocenters. The molecule has 0 saturated carbocycles. The minimum Gasteiger partial charge on any atom is -1.00 e. The van der Waals surface area contributed by atoms with Crippen LogP contribution >= 0.6 is 31.2 Å². The first kappa shape index (κ1) is 46.4. The average molecular weight is 1000 g/mol. The molecular formula is C52H60I2NOP. The van der Waals surface area contributed by atoms with E-state index in [1.54, 1.807) is 0 Å². The Morgan fingerprint density at radius 1 is 0.456 bits per heavy atom. The fourth-order valence-electron chi connectivity index (χ4n) is 7.83. The normalized spacial score (nSPS) is 11.6. The van der Waals surface area contributed by atoms with Crippen LogP contribution in [0.25, 0.3) is 11.1 Å². The molecule has 0 aromatic heterocycles. The van der Waals surface area contributed by atoms with E-state index < -0.39 is 7.26 Å². The van der Waals surface area contributed by atoms with Gasteiger partial charge < -0.3 is 33.6 Å². The van der Waals surface area contributed by atoms with E-state index in [-0.39, 0.29) is 48.0 Å². The smallest absolute Gasteiger partial charge is 0.119 e. The van der Waals surface area contributed by atoms with Gasteiger partial charge in [-0.15, -0.1) is 24.0 Å². The third-order valence-electron chi connectivity index (χ3n) is 10.7. The number of ether oxygens (including phenoxy) is 1. The number of allylic oxidation sites excluding steroid dienone is 1. The molecule has 0 bridgehead atoms. The van der Waals surface area contributed by atoms with Crippen molar-refractivity contribution < 1.29 is 28.7 Å². The van der Waals surface area contributed by atoms with E-state index >= 15 is 0 Å². The van der Waals surface area contributed by atoms with Gasteiger partial charge in [0.1, 0.15) is 35.5 Å². The van der Waals surface area contributed by atoms with Crippen LogP contribution in [0.5, 0.6) is 5.75 Å². The summed E-state index contributed by atoms with van der Waals surface area (Å²) in [5.41, 5.74) is 6.57. The van der Waals surface area contributed by atoms with Crippen LogP contribution in [0.3, 0.4) is 0 Å². The number of hydrogen-bond acceptors (Lipinski definition) is 2. The van der Waals surface area contributed by atoms with Crippen molar-refractivity contribution >= 4 is 58.3 Å². The Labute approximate surface area is 378 Å². The Bertz CT molecular complexity index is 1890. The summed E-state index contributed by atoms with van der Waals surface area (Å²) in [7, 11) is 2.42.